The van der Waals surface area contributed by atoms with Crippen molar-refractivity contribution in [3.63, 3.8) is 0 Å². The number of H-pyrrole nitrogens is 1. The average Bonchev–Trinajstić information content (AvgIpc) is 2.60. The molecule has 0 aliphatic rings. The van der Waals surface area contributed by atoms with Gasteiger partial charge in [0.2, 0.25) is 0 Å². The summed E-state index contributed by atoms with van der Waals surface area (Å²) in [5, 5.41) is 6.91. The van der Waals surface area contributed by atoms with Gasteiger partial charge < -0.3 is 9.30 Å². The zero-order valence-corrected chi connectivity index (χ0v) is 10.9. The van der Waals surface area contributed by atoms with Crippen molar-refractivity contribution >= 4 is 12.2 Å². The molecule has 0 spiro atoms. The molecule has 0 saturated carbocycles. The lowest BCUT2D eigenvalue weighted by Gasteiger charge is -2.14. The third-order valence-electron chi connectivity index (χ3n) is 2.58. The van der Waals surface area contributed by atoms with Gasteiger partial charge in [-0.2, -0.15) is 5.10 Å². The Labute approximate surface area is 105 Å². The lowest BCUT2D eigenvalue weighted by Crippen LogP contribution is -2.09. The zero-order valence-electron chi connectivity index (χ0n) is 10.1. The highest BCUT2D eigenvalue weighted by molar-refractivity contribution is 7.71. The van der Waals surface area contributed by atoms with Gasteiger partial charge in [-0.1, -0.05) is 12.1 Å². The number of aromatic nitrogens is 3. The van der Waals surface area contributed by atoms with Gasteiger partial charge in [-0.25, -0.2) is 0 Å². The monoisotopic (exact) mass is 249 g/mol. The van der Waals surface area contributed by atoms with Crippen molar-refractivity contribution in [2.45, 2.75) is 20.0 Å². The Balaban J connectivity index is 2.20. The highest BCUT2D eigenvalue weighted by Crippen LogP contribution is 2.20. The van der Waals surface area contributed by atoms with Gasteiger partial charge in [-0.3, -0.25) is 5.10 Å². The van der Waals surface area contributed by atoms with Crippen LogP contribution in [0.2, 0.25) is 0 Å². The van der Waals surface area contributed by atoms with Crippen LogP contribution in [-0.4, -0.2) is 14.8 Å². The second-order valence-electron chi connectivity index (χ2n) is 4.02. The second kappa shape index (κ2) is 4.71. The van der Waals surface area contributed by atoms with Gasteiger partial charge in [0.05, 0.1) is 0 Å². The van der Waals surface area contributed by atoms with E-state index in [9.17, 15) is 0 Å². The second-order valence-corrected chi connectivity index (χ2v) is 4.41. The molecular weight excluding hydrogens is 234 g/mol. The minimum atomic E-state index is -0.144. The van der Waals surface area contributed by atoms with Crippen LogP contribution in [0.4, 0.5) is 0 Å². The Morgan fingerprint density at radius 2 is 2.24 bits per heavy atom. The van der Waals surface area contributed by atoms with Crippen LogP contribution in [0.15, 0.2) is 24.3 Å². The van der Waals surface area contributed by atoms with E-state index in [1.54, 1.807) is 0 Å². The van der Waals surface area contributed by atoms with Crippen LogP contribution in [0.5, 0.6) is 5.75 Å². The van der Waals surface area contributed by atoms with Crippen molar-refractivity contribution in [1.82, 2.24) is 14.8 Å². The maximum absolute atomic E-state index is 5.83. The molecular formula is C12H15N3OS. The van der Waals surface area contributed by atoms with E-state index in [4.69, 9.17) is 17.0 Å². The van der Waals surface area contributed by atoms with Gasteiger partial charge in [0, 0.05) is 7.05 Å². The molecule has 0 amide bonds. The third-order valence-corrected chi connectivity index (χ3v) is 2.95. The van der Waals surface area contributed by atoms with E-state index < -0.39 is 0 Å². The molecule has 1 heterocycles. The van der Waals surface area contributed by atoms with Gasteiger partial charge in [-0.15, -0.1) is 0 Å². The molecule has 90 valence electrons. The fraction of sp³-hybridized carbons (Fsp3) is 0.333. The molecule has 2 rings (SSSR count). The highest BCUT2D eigenvalue weighted by atomic mass is 32.1. The van der Waals surface area contributed by atoms with E-state index in [0.717, 1.165) is 11.6 Å². The maximum atomic E-state index is 5.83. The first-order chi connectivity index (χ1) is 8.08. The average molecular weight is 249 g/mol. The normalized spacial score (nSPS) is 12.4. The molecule has 0 bridgehead atoms. The summed E-state index contributed by atoms with van der Waals surface area (Å²) in [5.41, 5.74) is 1.17. The van der Waals surface area contributed by atoms with Crippen LogP contribution in [0, 0.1) is 11.7 Å². The topological polar surface area (TPSA) is 42.8 Å². The molecule has 0 aliphatic carbocycles. The number of nitrogens with one attached hydrogen (secondary N) is 1. The van der Waals surface area contributed by atoms with E-state index in [-0.39, 0.29) is 6.10 Å². The molecule has 1 aromatic heterocycles. The Kier molecular flexibility index (Phi) is 3.28. The highest BCUT2D eigenvalue weighted by Gasteiger charge is 2.13. The van der Waals surface area contributed by atoms with Crippen LogP contribution < -0.4 is 4.74 Å². The van der Waals surface area contributed by atoms with Crippen molar-refractivity contribution in [3.05, 3.63) is 40.4 Å². The van der Waals surface area contributed by atoms with Crippen molar-refractivity contribution in [3.8, 4) is 5.75 Å². The van der Waals surface area contributed by atoms with E-state index in [1.807, 2.05) is 49.7 Å². The first-order valence-electron chi connectivity index (χ1n) is 5.42. The van der Waals surface area contributed by atoms with Gasteiger partial charge in [0.25, 0.3) is 0 Å². The Morgan fingerprint density at radius 1 is 1.47 bits per heavy atom. The SMILES string of the molecule is Cc1cccc(O[C@@H](C)c2n[nH]c(=S)n2C)c1. The smallest absolute Gasteiger partial charge is 0.195 e. The largest absolute Gasteiger partial charge is 0.483 e. The summed E-state index contributed by atoms with van der Waals surface area (Å²) in [4.78, 5) is 0. The third kappa shape index (κ3) is 2.55. The minimum Gasteiger partial charge on any atom is -0.483 e. The number of benzene rings is 1. The lowest BCUT2D eigenvalue weighted by atomic mass is 10.2. The lowest BCUT2D eigenvalue weighted by molar-refractivity contribution is 0.212. The number of rotatable bonds is 3. The molecule has 0 radical (unpaired) electrons. The van der Waals surface area contributed by atoms with Crippen LogP contribution in [0.1, 0.15) is 24.4 Å². The van der Waals surface area contributed by atoms with Gasteiger partial charge in [-0.05, 0) is 43.8 Å². The van der Waals surface area contributed by atoms with Crippen LogP contribution in [0.3, 0.4) is 0 Å². The first-order valence-corrected chi connectivity index (χ1v) is 5.83. The number of hydrogen-bond donors (Lipinski definition) is 1. The van der Waals surface area contributed by atoms with E-state index in [0.29, 0.717) is 4.77 Å². The molecule has 0 fully saturated rings. The molecule has 4 nitrogen and oxygen atoms in total. The zero-order chi connectivity index (χ0) is 12.4. The molecule has 5 heteroatoms. The first kappa shape index (κ1) is 11.9. The standard InChI is InChI=1S/C12H15N3OS/c1-8-5-4-6-10(7-8)16-9(2)11-13-14-12(17)15(11)3/h4-7,9H,1-3H3,(H,14,17)/t9-/m0/s1. The Bertz CT molecular complexity index is 573. The molecule has 1 aromatic carbocycles. The van der Waals surface area contributed by atoms with Crippen molar-refractivity contribution in [2.75, 3.05) is 0 Å². The summed E-state index contributed by atoms with van der Waals surface area (Å²) in [6, 6.07) is 7.94. The predicted molar refractivity (Wildman–Crippen MR) is 68.6 cm³/mol. The summed E-state index contributed by atoms with van der Waals surface area (Å²) >= 11 is 5.07. The number of aryl methyl sites for hydroxylation is 1. The summed E-state index contributed by atoms with van der Waals surface area (Å²) < 4.78 is 8.24. The molecule has 2 aromatic rings. The molecule has 1 atom stereocenters. The van der Waals surface area contributed by atoms with Crippen molar-refractivity contribution in [1.29, 1.82) is 0 Å². The molecule has 1 N–H and O–H groups in total. The number of hydrogen-bond acceptors (Lipinski definition) is 3. The Hall–Kier alpha value is -1.62. The predicted octanol–water partition coefficient (Wildman–Crippen LogP) is 2.93. The van der Waals surface area contributed by atoms with E-state index >= 15 is 0 Å². The summed E-state index contributed by atoms with van der Waals surface area (Å²) in [7, 11) is 1.87. The van der Waals surface area contributed by atoms with Gasteiger partial charge in [0.1, 0.15) is 5.75 Å². The van der Waals surface area contributed by atoms with Crippen LogP contribution >= 0.6 is 12.2 Å². The minimum absolute atomic E-state index is 0.144. The summed E-state index contributed by atoms with van der Waals surface area (Å²) in [6.45, 7) is 3.99. The van der Waals surface area contributed by atoms with E-state index in [1.165, 1.54) is 5.56 Å². The van der Waals surface area contributed by atoms with Crippen molar-refractivity contribution in [2.24, 2.45) is 7.05 Å². The molecule has 0 saturated heterocycles. The fourth-order valence-corrected chi connectivity index (χ4v) is 1.81. The quantitative estimate of drug-likeness (QED) is 0.850. The fourth-order valence-electron chi connectivity index (χ4n) is 1.67. The molecule has 0 aliphatic heterocycles. The maximum Gasteiger partial charge on any atom is 0.195 e. The Morgan fingerprint density at radius 3 is 2.82 bits per heavy atom. The van der Waals surface area contributed by atoms with E-state index in [2.05, 4.69) is 10.2 Å². The molecule has 17 heavy (non-hydrogen) atoms. The number of nitrogens with zero attached hydrogens (tertiary/aromatic N) is 2. The van der Waals surface area contributed by atoms with Gasteiger partial charge in [0.15, 0.2) is 16.7 Å². The number of ether oxygens (including phenoxy) is 1. The summed E-state index contributed by atoms with van der Waals surface area (Å²) in [5.74, 6) is 1.63. The van der Waals surface area contributed by atoms with Crippen LogP contribution in [0.25, 0.3) is 0 Å². The van der Waals surface area contributed by atoms with Crippen molar-refractivity contribution < 1.29 is 4.74 Å². The number of aromatic amines is 1. The summed E-state index contributed by atoms with van der Waals surface area (Å²) in [6.07, 6.45) is -0.144. The van der Waals surface area contributed by atoms with Gasteiger partial charge >= 0.3 is 0 Å². The van der Waals surface area contributed by atoms with Crippen LogP contribution in [-0.2, 0) is 7.05 Å². The molecule has 0 unspecified atom stereocenters.